The number of hydrogen-bond acceptors (Lipinski definition) is 3. The van der Waals surface area contributed by atoms with E-state index in [1.807, 2.05) is 81.6 Å². The largest absolute Gasteiger partial charge is 0.383 e. The Kier molecular flexibility index (Phi) is 9.67. The van der Waals surface area contributed by atoms with Crippen LogP contribution in [0, 0.1) is 6.92 Å². The molecule has 1 atom stereocenters. The van der Waals surface area contributed by atoms with Crippen LogP contribution in [0.3, 0.4) is 0 Å². The average molecular weight is 476 g/mol. The Morgan fingerprint density at radius 1 is 1.00 bits per heavy atom. The summed E-state index contributed by atoms with van der Waals surface area (Å²) < 4.78 is 7.45. The maximum Gasteiger partial charge on any atom is 0.254 e. The number of nitrogens with zero attached hydrogens (tertiary/aromatic N) is 3. The lowest BCUT2D eigenvalue weighted by atomic mass is 10.1. The molecule has 35 heavy (non-hydrogen) atoms. The third-order valence-corrected chi connectivity index (χ3v) is 6.45. The molecule has 1 aromatic heterocycles. The van der Waals surface area contributed by atoms with Crippen LogP contribution in [0.15, 0.2) is 72.9 Å². The van der Waals surface area contributed by atoms with E-state index in [9.17, 15) is 9.59 Å². The minimum Gasteiger partial charge on any atom is -0.383 e. The van der Waals surface area contributed by atoms with Crippen molar-refractivity contribution >= 4 is 11.8 Å². The van der Waals surface area contributed by atoms with Gasteiger partial charge in [-0.15, -0.1) is 0 Å². The normalized spacial score (nSPS) is 11.8. The number of benzene rings is 2. The van der Waals surface area contributed by atoms with Gasteiger partial charge in [-0.05, 0) is 49.6 Å². The number of aromatic nitrogens is 1. The summed E-state index contributed by atoms with van der Waals surface area (Å²) in [4.78, 5) is 30.5. The van der Waals surface area contributed by atoms with Crippen molar-refractivity contribution in [1.82, 2.24) is 14.4 Å². The van der Waals surface area contributed by atoms with E-state index in [1.54, 1.807) is 16.9 Å². The monoisotopic (exact) mass is 475 g/mol. The highest BCUT2D eigenvalue weighted by molar-refractivity contribution is 5.97. The van der Waals surface area contributed by atoms with Gasteiger partial charge in [0.15, 0.2) is 0 Å². The maximum absolute atomic E-state index is 13.6. The Labute approximate surface area is 209 Å². The fourth-order valence-corrected chi connectivity index (χ4v) is 4.08. The molecule has 186 valence electrons. The molecule has 2 aromatic carbocycles. The van der Waals surface area contributed by atoms with Gasteiger partial charge in [-0.3, -0.25) is 9.59 Å². The van der Waals surface area contributed by atoms with E-state index in [-0.39, 0.29) is 24.4 Å². The van der Waals surface area contributed by atoms with Crippen LogP contribution in [0.25, 0.3) is 0 Å². The van der Waals surface area contributed by atoms with E-state index in [1.165, 1.54) is 5.56 Å². The van der Waals surface area contributed by atoms with Crippen molar-refractivity contribution in [1.29, 1.82) is 0 Å². The van der Waals surface area contributed by atoms with Gasteiger partial charge >= 0.3 is 0 Å². The number of methoxy groups -OCH3 is 1. The molecule has 0 aliphatic carbocycles. The SMILES string of the molecule is CCC(C)N(CC(=O)N(CCOC)Cc1cccn1Cc1ccccc1)C(=O)c1ccccc1C. The summed E-state index contributed by atoms with van der Waals surface area (Å²) in [5.41, 5.74) is 3.79. The molecule has 1 heterocycles. The predicted molar refractivity (Wildman–Crippen MR) is 139 cm³/mol. The Balaban J connectivity index is 1.79. The molecule has 6 nitrogen and oxygen atoms in total. The molecule has 2 amide bonds. The van der Waals surface area contributed by atoms with Gasteiger partial charge in [0, 0.05) is 43.7 Å². The lowest BCUT2D eigenvalue weighted by Crippen LogP contribution is -2.47. The van der Waals surface area contributed by atoms with Gasteiger partial charge in [-0.2, -0.15) is 0 Å². The molecule has 0 radical (unpaired) electrons. The second-order valence-electron chi connectivity index (χ2n) is 8.93. The number of amides is 2. The molecule has 0 aliphatic rings. The second-order valence-corrected chi connectivity index (χ2v) is 8.93. The van der Waals surface area contributed by atoms with Crippen LogP contribution in [0.1, 0.15) is 47.4 Å². The van der Waals surface area contributed by atoms with Crippen molar-refractivity contribution < 1.29 is 14.3 Å². The van der Waals surface area contributed by atoms with E-state index >= 15 is 0 Å². The smallest absolute Gasteiger partial charge is 0.254 e. The van der Waals surface area contributed by atoms with Crippen molar-refractivity contribution in [3.63, 3.8) is 0 Å². The van der Waals surface area contributed by atoms with E-state index in [0.717, 1.165) is 24.2 Å². The Bertz CT molecular complexity index is 1090. The lowest BCUT2D eigenvalue weighted by molar-refractivity contribution is -0.133. The number of carbonyl (C=O) groups excluding carboxylic acids is 2. The average Bonchev–Trinajstić information content (AvgIpc) is 3.31. The number of rotatable bonds is 12. The summed E-state index contributed by atoms with van der Waals surface area (Å²) in [7, 11) is 1.63. The van der Waals surface area contributed by atoms with Crippen LogP contribution in [0.5, 0.6) is 0 Å². The molecule has 0 aliphatic heterocycles. The molecule has 0 saturated carbocycles. The summed E-state index contributed by atoms with van der Waals surface area (Å²) in [6, 6.07) is 21.8. The predicted octanol–water partition coefficient (Wildman–Crippen LogP) is 4.76. The molecule has 0 N–H and O–H groups in total. The van der Waals surface area contributed by atoms with Crippen LogP contribution >= 0.6 is 0 Å². The van der Waals surface area contributed by atoms with Gasteiger partial charge < -0.3 is 19.1 Å². The van der Waals surface area contributed by atoms with Gasteiger partial charge in [-0.1, -0.05) is 55.5 Å². The molecule has 3 rings (SSSR count). The summed E-state index contributed by atoms with van der Waals surface area (Å²) >= 11 is 0. The van der Waals surface area contributed by atoms with Gasteiger partial charge in [0.1, 0.15) is 6.54 Å². The number of ether oxygens (including phenoxy) is 1. The topological polar surface area (TPSA) is 54.8 Å². The first-order chi connectivity index (χ1) is 16.9. The molecular formula is C29H37N3O3. The minimum absolute atomic E-state index is 0.0330. The fraction of sp³-hybridized carbons (Fsp3) is 0.379. The number of carbonyl (C=O) groups is 2. The van der Waals surface area contributed by atoms with Crippen LogP contribution in [0.4, 0.5) is 0 Å². The number of hydrogen-bond donors (Lipinski definition) is 0. The van der Waals surface area contributed by atoms with Gasteiger partial charge in [-0.25, -0.2) is 0 Å². The third-order valence-electron chi connectivity index (χ3n) is 6.45. The second kappa shape index (κ2) is 12.9. The summed E-state index contributed by atoms with van der Waals surface area (Å²) in [6.07, 6.45) is 2.80. The zero-order valence-corrected chi connectivity index (χ0v) is 21.3. The zero-order valence-electron chi connectivity index (χ0n) is 21.3. The highest BCUT2D eigenvalue weighted by atomic mass is 16.5. The molecule has 0 fully saturated rings. The van der Waals surface area contributed by atoms with Gasteiger partial charge in [0.2, 0.25) is 5.91 Å². The molecule has 0 bridgehead atoms. The molecule has 6 heteroatoms. The van der Waals surface area contributed by atoms with E-state index in [0.29, 0.717) is 25.3 Å². The Hall–Kier alpha value is -3.38. The van der Waals surface area contributed by atoms with Gasteiger partial charge in [0.05, 0.1) is 13.2 Å². The van der Waals surface area contributed by atoms with Crippen molar-refractivity contribution in [3.05, 3.63) is 95.3 Å². The van der Waals surface area contributed by atoms with Crippen LogP contribution in [-0.4, -0.2) is 59.0 Å². The maximum atomic E-state index is 13.6. The van der Waals surface area contributed by atoms with E-state index < -0.39 is 0 Å². The van der Waals surface area contributed by atoms with Crippen molar-refractivity contribution in [2.45, 2.75) is 46.3 Å². The van der Waals surface area contributed by atoms with E-state index in [2.05, 4.69) is 16.7 Å². The first-order valence-corrected chi connectivity index (χ1v) is 12.3. The van der Waals surface area contributed by atoms with Crippen molar-refractivity contribution in [2.24, 2.45) is 0 Å². The van der Waals surface area contributed by atoms with Crippen molar-refractivity contribution in [2.75, 3.05) is 26.8 Å². The van der Waals surface area contributed by atoms with Crippen LogP contribution in [0.2, 0.25) is 0 Å². The minimum atomic E-state index is -0.107. The Morgan fingerprint density at radius 3 is 2.40 bits per heavy atom. The van der Waals surface area contributed by atoms with Crippen molar-refractivity contribution in [3.8, 4) is 0 Å². The molecule has 0 saturated heterocycles. The van der Waals surface area contributed by atoms with Crippen LogP contribution in [-0.2, 0) is 22.6 Å². The molecule has 3 aromatic rings. The summed E-state index contributed by atoms with van der Waals surface area (Å²) in [5, 5.41) is 0. The van der Waals surface area contributed by atoms with Gasteiger partial charge in [0.25, 0.3) is 5.91 Å². The Morgan fingerprint density at radius 2 is 1.71 bits per heavy atom. The fourth-order valence-electron chi connectivity index (χ4n) is 4.08. The molecule has 1 unspecified atom stereocenters. The standard InChI is InChI=1S/C29H37N3O3/c1-5-24(3)32(29(34)27-16-10-9-12-23(27)2)22-28(33)31(18-19-35-4)21-26-15-11-17-30(26)20-25-13-7-6-8-14-25/h6-17,24H,5,18-22H2,1-4H3. The quantitative estimate of drug-likeness (QED) is 0.380. The molecule has 0 spiro atoms. The number of aryl methyl sites for hydroxylation is 1. The first-order valence-electron chi connectivity index (χ1n) is 12.3. The third kappa shape index (κ3) is 7.06. The summed E-state index contributed by atoms with van der Waals surface area (Å²) in [6.45, 7) is 8.06. The summed E-state index contributed by atoms with van der Waals surface area (Å²) in [5.74, 6) is -0.193. The highest BCUT2D eigenvalue weighted by Gasteiger charge is 2.26. The lowest BCUT2D eigenvalue weighted by Gasteiger charge is -2.32. The highest BCUT2D eigenvalue weighted by Crippen LogP contribution is 2.16. The first kappa shape index (κ1) is 26.2. The van der Waals surface area contributed by atoms with E-state index in [4.69, 9.17) is 4.74 Å². The molecular weight excluding hydrogens is 438 g/mol. The zero-order chi connectivity index (χ0) is 25.2. The van der Waals surface area contributed by atoms with Crippen LogP contribution < -0.4 is 0 Å².